The Morgan fingerprint density at radius 2 is 2.11 bits per heavy atom. The molecule has 1 aliphatic rings. The van der Waals surface area contributed by atoms with Crippen LogP contribution in [0.25, 0.3) is 0 Å². The summed E-state index contributed by atoms with van der Waals surface area (Å²) in [5, 5.41) is 3.32. The molecule has 19 heavy (non-hydrogen) atoms. The van der Waals surface area contributed by atoms with Gasteiger partial charge in [-0.15, -0.1) is 0 Å². The van der Waals surface area contributed by atoms with Gasteiger partial charge in [0.1, 0.15) is 6.54 Å². The molecule has 1 fully saturated rings. The second kappa shape index (κ2) is 6.70. The zero-order valence-corrected chi connectivity index (χ0v) is 11.9. The van der Waals surface area contributed by atoms with Gasteiger partial charge in [0, 0.05) is 31.9 Å². The van der Waals surface area contributed by atoms with E-state index in [1.807, 2.05) is 15.7 Å². The van der Waals surface area contributed by atoms with E-state index in [2.05, 4.69) is 24.1 Å². The highest BCUT2D eigenvalue weighted by molar-refractivity contribution is 5.76. The van der Waals surface area contributed by atoms with Crippen LogP contribution in [0.1, 0.15) is 38.8 Å². The largest absolute Gasteiger partial charge is 0.341 e. The van der Waals surface area contributed by atoms with E-state index in [9.17, 15) is 4.79 Å². The molecule has 0 spiro atoms. The molecule has 1 saturated heterocycles. The van der Waals surface area contributed by atoms with Crippen molar-refractivity contribution in [2.45, 2.75) is 52.2 Å². The molecule has 0 saturated carbocycles. The third kappa shape index (κ3) is 4.35. The number of aromatic nitrogens is 2. The van der Waals surface area contributed by atoms with Gasteiger partial charge in [0.15, 0.2) is 0 Å². The molecule has 5 nitrogen and oxygen atoms in total. The van der Waals surface area contributed by atoms with E-state index < -0.39 is 0 Å². The van der Waals surface area contributed by atoms with Crippen LogP contribution in [0.4, 0.5) is 0 Å². The number of hydrogen-bond donors (Lipinski definition) is 1. The highest BCUT2D eigenvalue weighted by Crippen LogP contribution is 2.09. The Bertz CT molecular complexity index is 407. The van der Waals surface area contributed by atoms with Crippen molar-refractivity contribution >= 4 is 5.91 Å². The molecule has 0 bridgehead atoms. The summed E-state index contributed by atoms with van der Waals surface area (Å²) in [6, 6.07) is 0.445. The molecule has 2 rings (SSSR count). The first-order valence-corrected chi connectivity index (χ1v) is 7.17. The van der Waals surface area contributed by atoms with Crippen molar-refractivity contribution in [3.8, 4) is 0 Å². The molecule has 1 aliphatic heterocycles. The smallest absolute Gasteiger partial charge is 0.242 e. The summed E-state index contributed by atoms with van der Waals surface area (Å²) < 4.78 is 1.88. The minimum absolute atomic E-state index is 0.209. The number of amides is 1. The lowest BCUT2D eigenvalue weighted by molar-refractivity contribution is -0.132. The molecular weight excluding hydrogens is 240 g/mol. The second-order valence-corrected chi connectivity index (χ2v) is 5.51. The van der Waals surface area contributed by atoms with E-state index in [0.717, 1.165) is 38.2 Å². The Morgan fingerprint density at radius 3 is 2.79 bits per heavy atom. The molecular formula is C14H24N4O. The Kier molecular flexibility index (Phi) is 4.96. The molecule has 0 unspecified atom stereocenters. The van der Waals surface area contributed by atoms with E-state index in [0.29, 0.717) is 12.6 Å². The van der Waals surface area contributed by atoms with Gasteiger partial charge >= 0.3 is 0 Å². The van der Waals surface area contributed by atoms with Crippen LogP contribution >= 0.6 is 0 Å². The highest BCUT2D eigenvalue weighted by atomic mass is 16.2. The van der Waals surface area contributed by atoms with Crippen LogP contribution in [-0.4, -0.2) is 39.5 Å². The van der Waals surface area contributed by atoms with Crippen molar-refractivity contribution in [1.82, 2.24) is 19.8 Å². The van der Waals surface area contributed by atoms with Crippen LogP contribution in [0.5, 0.6) is 0 Å². The van der Waals surface area contributed by atoms with Gasteiger partial charge in [0.25, 0.3) is 0 Å². The van der Waals surface area contributed by atoms with Crippen molar-refractivity contribution in [1.29, 1.82) is 0 Å². The SMILES string of the molecule is CC(C)NCc1cn(CC(=O)N2CCCCC2)cn1. The first-order chi connectivity index (χ1) is 9.15. The fraction of sp³-hybridized carbons (Fsp3) is 0.714. The third-order valence-electron chi connectivity index (χ3n) is 3.40. The zero-order chi connectivity index (χ0) is 13.7. The summed E-state index contributed by atoms with van der Waals surface area (Å²) >= 11 is 0. The van der Waals surface area contributed by atoms with E-state index in [-0.39, 0.29) is 5.91 Å². The maximum Gasteiger partial charge on any atom is 0.242 e. The lowest BCUT2D eigenvalue weighted by Crippen LogP contribution is -2.37. The summed E-state index contributed by atoms with van der Waals surface area (Å²) in [6.45, 7) is 7.20. The Morgan fingerprint density at radius 1 is 1.37 bits per heavy atom. The van der Waals surface area contributed by atoms with Gasteiger partial charge in [-0.3, -0.25) is 4.79 Å². The number of piperidine rings is 1. The van der Waals surface area contributed by atoms with Crippen molar-refractivity contribution in [3.63, 3.8) is 0 Å². The van der Waals surface area contributed by atoms with E-state index >= 15 is 0 Å². The number of carbonyl (C=O) groups is 1. The lowest BCUT2D eigenvalue weighted by Gasteiger charge is -2.26. The summed E-state index contributed by atoms with van der Waals surface area (Å²) in [7, 11) is 0. The topological polar surface area (TPSA) is 50.2 Å². The number of rotatable bonds is 5. The van der Waals surface area contributed by atoms with Gasteiger partial charge in [-0.25, -0.2) is 4.98 Å². The number of likely N-dealkylation sites (tertiary alicyclic amines) is 1. The van der Waals surface area contributed by atoms with Gasteiger partial charge in [-0.05, 0) is 19.3 Å². The van der Waals surface area contributed by atoms with Crippen molar-refractivity contribution in [2.75, 3.05) is 13.1 Å². The van der Waals surface area contributed by atoms with Crippen LogP contribution in [0.15, 0.2) is 12.5 Å². The monoisotopic (exact) mass is 264 g/mol. The average Bonchev–Trinajstić information content (AvgIpc) is 2.85. The molecule has 1 aromatic rings. The normalized spacial score (nSPS) is 16.1. The highest BCUT2D eigenvalue weighted by Gasteiger charge is 2.16. The van der Waals surface area contributed by atoms with Crippen molar-refractivity contribution in [3.05, 3.63) is 18.2 Å². The molecule has 5 heteroatoms. The Labute approximate surface area is 115 Å². The van der Waals surface area contributed by atoms with Crippen LogP contribution in [0.3, 0.4) is 0 Å². The molecule has 0 aromatic carbocycles. The van der Waals surface area contributed by atoms with Crippen LogP contribution in [0, 0.1) is 0 Å². The molecule has 106 valence electrons. The van der Waals surface area contributed by atoms with Crippen LogP contribution in [0.2, 0.25) is 0 Å². The summed E-state index contributed by atoms with van der Waals surface area (Å²) in [6.07, 6.45) is 7.23. The Balaban J connectivity index is 1.83. The van der Waals surface area contributed by atoms with Gasteiger partial charge in [0.05, 0.1) is 12.0 Å². The fourth-order valence-corrected chi connectivity index (χ4v) is 2.29. The van der Waals surface area contributed by atoms with E-state index in [1.54, 1.807) is 6.33 Å². The minimum Gasteiger partial charge on any atom is -0.341 e. The molecule has 0 aliphatic carbocycles. The quantitative estimate of drug-likeness (QED) is 0.874. The molecule has 1 aromatic heterocycles. The maximum atomic E-state index is 12.1. The first-order valence-electron chi connectivity index (χ1n) is 7.17. The minimum atomic E-state index is 0.209. The third-order valence-corrected chi connectivity index (χ3v) is 3.40. The van der Waals surface area contributed by atoms with E-state index in [1.165, 1.54) is 6.42 Å². The molecule has 2 heterocycles. The molecule has 1 amide bonds. The van der Waals surface area contributed by atoms with Gasteiger partial charge in [-0.1, -0.05) is 13.8 Å². The summed E-state index contributed by atoms with van der Waals surface area (Å²) in [5.74, 6) is 0.209. The van der Waals surface area contributed by atoms with Crippen LogP contribution < -0.4 is 5.32 Å². The van der Waals surface area contributed by atoms with E-state index in [4.69, 9.17) is 0 Å². The number of hydrogen-bond acceptors (Lipinski definition) is 3. The predicted molar refractivity (Wildman–Crippen MR) is 74.6 cm³/mol. The lowest BCUT2D eigenvalue weighted by atomic mass is 10.1. The standard InChI is InChI=1S/C14H24N4O/c1-12(2)15-8-13-9-17(11-16-13)10-14(19)18-6-4-3-5-7-18/h9,11-12,15H,3-8,10H2,1-2H3. The van der Waals surface area contributed by atoms with Crippen LogP contribution in [-0.2, 0) is 17.9 Å². The average molecular weight is 264 g/mol. The summed E-state index contributed by atoms with van der Waals surface area (Å²) in [5.41, 5.74) is 0.986. The van der Waals surface area contributed by atoms with Crippen molar-refractivity contribution in [2.24, 2.45) is 0 Å². The number of nitrogens with zero attached hydrogens (tertiary/aromatic N) is 3. The second-order valence-electron chi connectivity index (χ2n) is 5.51. The number of carbonyl (C=O) groups excluding carboxylic acids is 1. The number of nitrogens with one attached hydrogen (secondary N) is 1. The first kappa shape index (κ1) is 14.1. The molecule has 1 N–H and O–H groups in total. The van der Waals surface area contributed by atoms with Gasteiger partial charge in [-0.2, -0.15) is 0 Å². The van der Waals surface area contributed by atoms with Gasteiger partial charge < -0.3 is 14.8 Å². The number of imidazole rings is 1. The zero-order valence-electron chi connectivity index (χ0n) is 11.9. The Hall–Kier alpha value is -1.36. The van der Waals surface area contributed by atoms with Crippen molar-refractivity contribution < 1.29 is 4.79 Å². The van der Waals surface area contributed by atoms with Gasteiger partial charge in [0.2, 0.25) is 5.91 Å². The summed E-state index contributed by atoms with van der Waals surface area (Å²) in [4.78, 5) is 18.4. The molecule has 0 atom stereocenters. The molecule has 0 radical (unpaired) electrons. The predicted octanol–water partition coefficient (Wildman–Crippen LogP) is 1.39. The fourth-order valence-electron chi connectivity index (χ4n) is 2.29. The maximum absolute atomic E-state index is 12.1.